The van der Waals surface area contributed by atoms with Gasteiger partial charge in [-0.05, 0) is 57.6 Å². The van der Waals surface area contributed by atoms with Crippen molar-refractivity contribution in [3.05, 3.63) is 46.6 Å². The van der Waals surface area contributed by atoms with Gasteiger partial charge in [-0.3, -0.25) is 14.6 Å². The number of nitrogens with one attached hydrogen (secondary N) is 1. The molecule has 2 aliphatic rings. The number of pyridine rings is 1. The number of hydrogen-bond acceptors (Lipinski definition) is 5. The zero-order chi connectivity index (χ0) is 19.7. The van der Waals surface area contributed by atoms with E-state index < -0.39 is 0 Å². The van der Waals surface area contributed by atoms with Crippen molar-refractivity contribution >= 4 is 11.8 Å². The number of aryl methyl sites for hydroxylation is 2. The second kappa shape index (κ2) is 7.73. The maximum atomic E-state index is 12.9. The van der Waals surface area contributed by atoms with Crippen LogP contribution >= 0.6 is 0 Å². The van der Waals surface area contributed by atoms with Crippen molar-refractivity contribution < 1.29 is 14.1 Å². The molecule has 28 heavy (non-hydrogen) atoms. The Morgan fingerprint density at radius 2 is 2.07 bits per heavy atom. The molecule has 0 radical (unpaired) electrons. The van der Waals surface area contributed by atoms with Crippen LogP contribution in [0.5, 0.6) is 0 Å². The van der Waals surface area contributed by atoms with Gasteiger partial charge in [0.2, 0.25) is 0 Å². The lowest BCUT2D eigenvalue weighted by atomic mass is 9.93. The molecule has 0 spiro atoms. The summed E-state index contributed by atoms with van der Waals surface area (Å²) in [6.45, 7) is 5.65. The summed E-state index contributed by atoms with van der Waals surface area (Å²) in [6.07, 6.45) is 5.97. The fourth-order valence-electron chi connectivity index (χ4n) is 3.79. The maximum Gasteiger partial charge on any atom is 0.259 e. The Morgan fingerprint density at radius 3 is 2.71 bits per heavy atom. The van der Waals surface area contributed by atoms with Gasteiger partial charge >= 0.3 is 0 Å². The molecule has 1 saturated carbocycles. The maximum absolute atomic E-state index is 12.9. The number of carbonyl (C=O) groups excluding carboxylic acids is 2. The van der Waals surface area contributed by atoms with E-state index in [-0.39, 0.29) is 17.7 Å². The zero-order valence-electron chi connectivity index (χ0n) is 16.4. The first-order valence-electron chi connectivity index (χ1n) is 9.99. The average molecular weight is 382 g/mol. The van der Waals surface area contributed by atoms with Gasteiger partial charge in [0.25, 0.3) is 11.8 Å². The van der Waals surface area contributed by atoms with Crippen molar-refractivity contribution in [1.29, 1.82) is 0 Å². The van der Waals surface area contributed by atoms with Crippen LogP contribution in [0, 0.1) is 19.8 Å². The fourth-order valence-corrected chi connectivity index (χ4v) is 3.79. The van der Waals surface area contributed by atoms with E-state index in [1.807, 2.05) is 17.0 Å². The van der Waals surface area contributed by atoms with Crippen molar-refractivity contribution in [2.45, 2.75) is 45.4 Å². The molecule has 4 rings (SSSR count). The molecule has 7 heteroatoms. The molecule has 0 aromatic carbocycles. The third-order valence-corrected chi connectivity index (χ3v) is 5.67. The number of nitrogens with zero attached hydrogens (tertiary/aromatic N) is 3. The Kier molecular flexibility index (Phi) is 5.15. The smallest absolute Gasteiger partial charge is 0.259 e. The molecule has 1 N–H and O–H groups in total. The van der Waals surface area contributed by atoms with Crippen LogP contribution in [0.4, 0.5) is 0 Å². The molecule has 148 valence electrons. The number of likely N-dealkylation sites (tertiary alicyclic amines) is 1. The highest BCUT2D eigenvalue weighted by Crippen LogP contribution is 2.29. The summed E-state index contributed by atoms with van der Waals surface area (Å²) in [6, 6.07) is 3.75. The molecule has 1 atom stereocenters. The van der Waals surface area contributed by atoms with Gasteiger partial charge in [-0.2, -0.15) is 0 Å². The monoisotopic (exact) mass is 382 g/mol. The minimum atomic E-state index is -0.0650. The molecule has 2 aromatic rings. The van der Waals surface area contributed by atoms with Gasteiger partial charge in [0.15, 0.2) is 0 Å². The van der Waals surface area contributed by atoms with Crippen molar-refractivity contribution in [2.24, 2.45) is 5.92 Å². The Hall–Kier alpha value is -2.70. The van der Waals surface area contributed by atoms with Crippen molar-refractivity contribution in [3.8, 4) is 0 Å². The van der Waals surface area contributed by atoms with Gasteiger partial charge in [0.1, 0.15) is 11.3 Å². The largest absolute Gasteiger partial charge is 0.361 e. The van der Waals surface area contributed by atoms with Gasteiger partial charge in [0, 0.05) is 37.4 Å². The minimum absolute atomic E-state index is 0.0305. The lowest BCUT2D eigenvalue weighted by Crippen LogP contribution is -2.39. The summed E-state index contributed by atoms with van der Waals surface area (Å²) in [5.41, 5.74) is 2.71. The first kappa shape index (κ1) is 18.7. The number of hydrogen-bond donors (Lipinski definition) is 1. The van der Waals surface area contributed by atoms with E-state index in [9.17, 15) is 9.59 Å². The highest BCUT2D eigenvalue weighted by Gasteiger charge is 2.29. The molecule has 2 fully saturated rings. The first-order valence-corrected chi connectivity index (χ1v) is 9.99. The molecule has 7 nitrogen and oxygen atoms in total. The molecule has 3 heterocycles. The average Bonchev–Trinajstić information content (AvgIpc) is 3.49. The Bertz CT molecular complexity index is 851. The van der Waals surface area contributed by atoms with Crippen LogP contribution < -0.4 is 5.32 Å². The Balaban J connectivity index is 1.41. The van der Waals surface area contributed by atoms with E-state index in [2.05, 4.69) is 15.5 Å². The van der Waals surface area contributed by atoms with E-state index in [1.54, 1.807) is 20.0 Å². The van der Waals surface area contributed by atoms with Crippen LogP contribution in [0.3, 0.4) is 0 Å². The highest BCUT2D eigenvalue weighted by molar-refractivity contribution is 5.96. The fraction of sp³-hybridized carbons (Fsp3) is 0.524. The molecule has 2 amide bonds. The predicted molar refractivity (Wildman–Crippen MR) is 103 cm³/mol. The van der Waals surface area contributed by atoms with Crippen LogP contribution in [0.2, 0.25) is 0 Å². The van der Waals surface area contributed by atoms with Gasteiger partial charge in [-0.15, -0.1) is 0 Å². The van der Waals surface area contributed by atoms with Crippen molar-refractivity contribution in [3.63, 3.8) is 0 Å². The lowest BCUT2D eigenvalue weighted by molar-refractivity contribution is 0.0703. The summed E-state index contributed by atoms with van der Waals surface area (Å²) >= 11 is 0. The summed E-state index contributed by atoms with van der Waals surface area (Å²) < 4.78 is 5.15. The third-order valence-electron chi connectivity index (χ3n) is 5.67. The quantitative estimate of drug-likeness (QED) is 0.859. The molecule has 2 aromatic heterocycles. The number of piperidine rings is 1. The lowest BCUT2D eigenvalue weighted by Gasteiger charge is -2.32. The van der Waals surface area contributed by atoms with Crippen LogP contribution in [-0.4, -0.2) is 46.5 Å². The third kappa shape index (κ3) is 3.93. The molecule has 0 bridgehead atoms. The summed E-state index contributed by atoms with van der Waals surface area (Å²) in [4.78, 5) is 31.5. The second-order valence-corrected chi connectivity index (χ2v) is 7.91. The topological polar surface area (TPSA) is 88.3 Å². The van der Waals surface area contributed by atoms with Crippen molar-refractivity contribution in [1.82, 2.24) is 20.4 Å². The van der Waals surface area contributed by atoms with Crippen LogP contribution in [-0.2, 0) is 0 Å². The molecule has 1 aliphatic carbocycles. The van der Waals surface area contributed by atoms with E-state index in [0.717, 1.165) is 31.6 Å². The summed E-state index contributed by atoms with van der Waals surface area (Å²) in [5, 5.41) is 6.85. The van der Waals surface area contributed by atoms with E-state index in [1.165, 1.54) is 12.8 Å². The highest BCUT2D eigenvalue weighted by atomic mass is 16.5. The van der Waals surface area contributed by atoms with Gasteiger partial charge in [-0.1, -0.05) is 5.16 Å². The Morgan fingerprint density at radius 1 is 1.25 bits per heavy atom. The SMILES string of the molecule is Cc1noc(C)c1C(=O)N1CCC[C@@H](c2ccc(C(=O)NCC3CC3)cn2)C1. The van der Waals surface area contributed by atoms with Gasteiger partial charge < -0.3 is 14.7 Å². The van der Waals surface area contributed by atoms with Crippen molar-refractivity contribution in [2.75, 3.05) is 19.6 Å². The molecular formula is C21H26N4O3. The summed E-state index contributed by atoms with van der Waals surface area (Å²) in [5.74, 6) is 1.28. The molecule has 0 unspecified atom stereocenters. The molecule has 1 saturated heterocycles. The number of carbonyl (C=O) groups is 2. The van der Waals surface area contributed by atoms with Gasteiger partial charge in [0.05, 0.1) is 11.3 Å². The normalized spacial score (nSPS) is 19.5. The van der Waals surface area contributed by atoms with E-state index >= 15 is 0 Å². The first-order chi connectivity index (χ1) is 13.5. The molecular weight excluding hydrogens is 356 g/mol. The van der Waals surface area contributed by atoms with E-state index in [0.29, 0.717) is 35.0 Å². The Labute approximate surface area is 164 Å². The predicted octanol–water partition coefficient (Wildman–Crippen LogP) is 2.85. The van der Waals surface area contributed by atoms with Crippen LogP contribution in [0.1, 0.15) is 69.5 Å². The summed E-state index contributed by atoms with van der Waals surface area (Å²) in [7, 11) is 0. The zero-order valence-corrected chi connectivity index (χ0v) is 16.4. The number of amides is 2. The minimum Gasteiger partial charge on any atom is -0.361 e. The standard InChI is InChI=1S/C21H26N4O3/c1-13-19(14(2)28-24-13)21(27)25-9-3-4-17(12-25)18-8-7-16(11-22-18)20(26)23-10-15-5-6-15/h7-8,11,15,17H,3-6,9-10,12H2,1-2H3,(H,23,26)/t17-/m1/s1. The van der Waals surface area contributed by atoms with Crippen LogP contribution in [0.15, 0.2) is 22.9 Å². The second-order valence-electron chi connectivity index (χ2n) is 7.91. The number of rotatable bonds is 5. The van der Waals surface area contributed by atoms with Gasteiger partial charge in [-0.25, -0.2) is 0 Å². The van der Waals surface area contributed by atoms with Crippen LogP contribution in [0.25, 0.3) is 0 Å². The number of aromatic nitrogens is 2. The molecule has 1 aliphatic heterocycles. The van der Waals surface area contributed by atoms with E-state index in [4.69, 9.17) is 4.52 Å².